The van der Waals surface area contributed by atoms with E-state index in [0.29, 0.717) is 34.7 Å². The Labute approximate surface area is 196 Å². The van der Waals surface area contributed by atoms with Gasteiger partial charge in [-0.3, -0.25) is 9.69 Å². The molecule has 1 amide bonds. The van der Waals surface area contributed by atoms with Crippen LogP contribution in [0.15, 0.2) is 87.9 Å². The van der Waals surface area contributed by atoms with E-state index in [1.54, 1.807) is 11.0 Å². The van der Waals surface area contributed by atoms with Crippen LogP contribution in [0.25, 0.3) is 11.3 Å². The van der Waals surface area contributed by atoms with Crippen molar-refractivity contribution in [1.82, 2.24) is 4.90 Å². The van der Waals surface area contributed by atoms with Crippen molar-refractivity contribution in [2.75, 3.05) is 6.54 Å². The molecule has 2 heterocycles. The number of hydrogen-bond acceptors (Lipinski definition) is 5. The first-order chi connectivity index (χ1) is 15.5. The SMILES string of the molecule is C=CCN1C(=O)C(Cc2cccc(C)c2)SC1=NN=Cc1ccc(-c2ccc(Cl)cc2)o1. The Balaban J connectivity index is 1.48. The molecule has 5 nitrogen and oxygen atoms in total. The lowest BCUT2D eigenvalue weighted by Crippen LogP contribution is -2.32. The van der Waals surface area contributed by atoms with Crippen LogP contribution in [0, 0.1) is 6.92 Å². The van der Waals surface area contributed by atoms with Crippen LogP contribution in [-0.4, -0.2) is 34.0 Å². The van der Waals surface area contributed by atoms with Crippen molar-refractivity contribution in [1.29, 1.82) is 0 Å². The lowest BCUT2D eigenvalue weighted by Gasteiger charge is -2.12. The molecular formula is C25H22ClN3O2S. The number of amidine groups is 1. The summed E-state index contributed by atoms with van der Waals surface area (Å²) in [6.45, 7) is 6.20. The summed E-state index contributed by atoms with van der Waals surface area (Å²) in [6, 6.07) is 19.3. The van der Waals surface area contributed by atoms with Crippen LogP contribution >= 0.6 is 23.4 Å². The van der Waals surface area contributed by atoms with Crippen LogP contribution in [0.1, 0.15) is 16.9 Å². The first-order valence-electron chi connectivity index (χ1n) is 10.1. The Kier molecular flexibility index (Phi) is 6.93. The average Bonchev–Trinajstić information content (AvgIpc) is 3.35. The van der Waals surface area contributed by atoms with Crippen molar-refractivity contribution in [2.24, 2.45) is 10.2 Å². The molecular weight excluding hydrogens is 442 g/mol. The molecule has 0 bridgehead atoms. The van der Waals surface area contributed by atoms with Gasteiger partial charge in [0.15, 0.2) is 5.17 Å². The summed E-state index contributed by atoms with van der Waals surface area (Å²) >= 11 is 7.37. The van der Waals surface area contributed by atoms with Crippen LogP contribution in [0.5, 0.6) is 0 Å². The zero-order chi connectivity index (χ0) is 22.5. The second kappa shape index (κ2) is 10.0. The van der Waals surface area contributed by atoms with Gasteiger partial charge in [-0.2, -0.15) is 5.10 Å². The van der Waals surface area contributed by atoms with Gasteiger partial charge in [-0.15, -0.1) is 11.7 Å². The van der Waals surface area contributed by atoms with E-state index in [1.165, 1.54) is 23.5 Å². The van der Waals surface area contributed by atoms with Crippen molar-refractivity contribution in [3.8, 4) is 11.3 Å². The second-order valence-corrected chi connectivity index (χ2v) is 8.98. The summed E-state index contributed by atoms with van der Waals surface area (Å²) in [5.41, 5.74) is 3.23. The van der Waals surface area contributed by atoms with Crippen molar-refractivity contribution in [3.63, 3.8) is 0 Å². The lowest BCUT2D eigenvalue weighted by atomic mass is 10.1. The summed E-state index contributed by atoms with van der Waals surface area (Å²) in [6.07, 6.45) is 3.87. The van der Waals surface area contributed by atoms with Gasteiger partial charge in [0.2, 0.25) is 5.91 Å². The summed E-state index contributed by atoms with van der Waals surface area (Å²) in [4.78, 5) is 14.5. The molecule has 1 aromatic heterocycles. The third kappa shape index (κ3) is 5.21. The number of amides is 1. The van der Waals surface area contributed by atoms with Gasteiger partial charge in [-0.25, -0.2) is 0 Å². The van der Waals surface area contributed by atoms with Gasteiger partial charge in [0, 0.05) is 17.1 Å². The second-order valence-electron chi connectivity index (χ2n) is 7.37. The number of carbonyl (C=O) groups is 1. The normalized spacial score (nSPS) is 17.6. The van der Waals surface area contributed by atoms with Crippen LogP contribution < -0.4 is 0 Å². The predicted molar refractivity (Wildman–Crippen MR) is 132 cm³/mol. The molecule has 0 aliphatic carbocycles. The topological polar surface area (TPSA) is 58.2 Å². The van der Waals surface area contributed by atoms with Crippen molar-refractivity contribution in [3.05, 3.63) is 95.2 Å². The highest BCUT2D eigenvalue weighted by molar-refractivity contribution is 8.15. The van der Waals surface area contributed by atoms with E-state index in [2.05, 4.69) is 22.8 Å². The highest BCUT2D eigenvalue weighted by Crippen LogP contribution is 2.30. The third-order valence-electron chi connectivity index (χ3n) is 4.92. The third-order valence-corrected chi connectivity index (χ3v) is 6.34. The van der Waals surface area contributed by atoms with Gasteiger partial charge in [0.05, 0.1) is 11.5 Å². The molecule has 3 aromatic rings. The van der Waals surface area contributed by atoms with Gasteiger partial charge < -0.3 is 4.42 Å². The first-order valence-corrected chi connectivity index (χ1v) is 11.4. The Morgan fingerprint density at radius 2 is 2.00 bits per heavy atom. The summed E-state index contributed by atoms with van der Waals surface area (Å²) in [5, 5.41) is 9.47. The molecule has 1 fully saturated rings. The molecule has 1 aliphatic rings. The van der Waals surface area contributed by atoms with Crippen LogP contribution in [-0.2, 0) is 11.2 Å². The van der Waals surface area contributed by atoms with Gasteiger partial charge in [-0.1, -0.05) is 59.3 Å². The van der Waals surface area contributed by atoms with Crippen molar-refractivity contribution >= 4 is 40.7 Å². The van der Waals surface area contributed by atoms with E-state index in [1.807, 2.05) is 61.5 Å². The fourth-order valence-electron chi connectivity index (χ4n) is 3.39. The van der Waals surface area contributed by atoms with Crippen LogP contribution in [0.4, 0.5) is 0 Å². The van der Waals surface area contributed by atoms with Crippen molar-refractivity contribution in [2.45, 2.75) is 18.6 Å². The Hall–Kier alpha value is -3.09. The predicted octanol–water partition coefficient (Wildman–Crippen LogP) is 5.97. The zero-order valence-electron chi connectivity index (χ0n) is 17.6. The minimum Gasteiger partial charge on any atom is -0.455 e. The molecule has 1 aliphatic heterocycles. The molecule has 0 saturated carbocycles. The van der Waals surface area contributed by atoms with E-state index in [4.69, 9.17) is 16.0 Å². The monoisotopic (exact) mass is 463 g/mol. The molecule has 7 heteroatoms. The maximum absolute atomic E-state index is 12.9. The molecule has 4 rings (SSSR count). The van der Waals surface area contributed by atoms with Gasteiger partial charge in [0.25, 0.3) is 0 Å². The number of rotatable bonds is 7. The molecule has 0 radical (unpaired) electrons. The molecule has 32 heavy (non-hydrogen) atoms. The highest BCUT2D eigenvalue weighted by Gasteiger charge is 2.37. The summed E-state index contributed by atoms with van der Waals surface area (Å²) in [5.74, 6) is 1.31. The number of nitrogens with zero attached hydrogens (tertiary/aromatic N) is 3. The Bertz CT molecular complexity index is 1180. The van der Waals surface area contributed by atoms with E-state index < -0.39 is 0 Å². The number of thioether (sulfide) groups is 1. The minimum absolute atomic E-state index is 0.0216. The maximum Gasteiger partial charge on any atom is 0.242 e. The van der Waals surface area contributed by atoms with Crippen LogP contribution in [0.2, 0.25) is 5.02 Å². The Morgan fingerprint density at radius 1 is 1.19 bits per heavy atom. The quantitative estimate of drug-likeness (QED) is 0.246. The molecule has 0 spiro atoms. The molecule has 162 valence electrons. The number of hydrogen-bond donors (Lipinski definition) is 0. The van der Waals surface area contributed by atoms with Gasteiger partial charge in [-0.05, 0) is 55.3 Å². The van der Waals surface area contributed by atoms with E-state index >= 15 is 0 Å². The molecule has 1 atom stereocenters. The van der Waals surface area contributed by atoms with Gasteiger partial charge >= 0.3 is 0 Å². The standard InChI is InChI=1S/C25H22ClN3O2S/c1-3-13-29-24(30)23(15-18-6-4-5-17(2)14-18)32-25(29)28-27-16-21-11-12-22(31-21)19-7-9-20(26)10-8-19/h3-12,14,16,23H,1,13,15H2,2H3. The number of benzene rings is 2. The maximum atomic E-state index is 12.9. The Morgan fingerprint density at radius 3 is 2.75 bits per heavy atom. The molecule has 1 saturated heterocycles. The number of aryl methyl sites for hydroxylation is 1. The summed E-state index contributed by atoms with van der Waals surface area (Å²) in [7, 11) is 0. The first kappa shape index (κ1) is 22.1. The van der Waals surface area contributed by atoms with E-state index in [-0.39, 0.29) is 11.2 Å². The zero-order valence-corrected chi connectivity index (χ0v) is 19.1. The molecule has 0 N–H and O–H groups in total. The summed E-state index contributed by atoms with van der Waals surface area (Å²) < 4.78 is 5.82. The highest BCUT2D eigenvalue weighted by atomic mass is 35.5. The van der Waals surface area contributed by atoms with E-state index in [9.17, 15) is 4.79 Å². The number of carbonyl (C=O) groups excluding carboxylic acids is 1. The van der Waals surface area contributed by atoms with Crippen LogP contribution in [0.3, 0.4) is 0 Å². The van der Waals surface area contributed by atoms with E-state index in [0.717, 1.165) is 11.1 Å². The molecule has 2 aromatic carbocycles. The lowest BCUT2D eigenvalue weighted by molar-refractivity contribution is -0.125. The minimum atomic E-state index is -0.231. The fourth-order valence-corrected chi connectivity index (χ4v) is 4.66. The fraction of sp³-hybridized carbons (Fsp3) is 0.160. The number of furan rings is 1. The number of halogens is 1. The smallest absolute Gasteiger partial charge is 0.242 e. The largest absolute Gasteiger partial charge is 0.455 e. The molecule has 1 unspecified atom stereocenters. The van der Waals surface area contributed by atoms with Gasteiger partial charge in [0.1, 0.15) is 11.5 Å². The average molecular weight is 464 g/mol. The van der Waals surface area contributed by atoms with Crippen molar-refractivity contribution < 1.29 is 9.21 Å².